The van der Waals surface area contributed by atoms with Gasteiger partial charge in [-0.15, -0.1) is 0 Å². The largest absolute Gasteiger partial charge is 0.354 e. The van der Waals surface area contributed by atoms with E-state index in [1.54, 1.807) is 39.5 Å². The van der Waals surface area contributed by atoms with E-state index in [1.165, 1.54) is 90.4 Å². The van der Waals surface area contributed by atoms with Crippen LogP contribution >= 0.6 is 0 Å². The second-order valence-corrected chi connectivity index (χ2v) is 37.5. The highest BCUT2D eigenvalue weighted by molar-refractivity contribution is 6.03. The van der Waals surface area contributed by atoms with Crippen molar-refractivity contribution in [2.24, 2.45) is 17.8 Å². The van der Waals surface area contributed by atoms with E-state index in [0.717, 1.165) is 51.7 Å². The van der Waals surface area contributed by atoms with Gasteiger partial charge in [0, 0.05) is 77.9 Å². The van der Waals surface area contributed by atoms with E-state index >= 15 is 0 Å². The van der Waals surface area contributed by atoms with Crippen molar-refractivity contribution >= 4 is 94.5 Å². The van der Waals surface area contributed by atoms with Crippen LogP contribution in [0.1, 0.15) is 274 Å². The average molecular weight is 1670 g/mol. The summed E-state index contributed by atoms with van der Waals surface area (Å²) in [7, 11) is 0. The molecule has 0 aliphatic carbocycles. The van der Waals surface area contributed by atoms with E-state index in [9.17, 15) is 76.7 Å². The van der Waals surface area contributed by atoms with Crippen molar-refractivity contribution in [1.82, 2.24) is 88.7 Å². The second-order valence-electron chi connectivity index (χ2n) is 37.5. The van der Waals surface area contributed by atoms with Crippen LogP contribution in [0.5, 0.6) is 0 Å². The topological polar surface area (TPSA) is 447 Å². The number of nitrogens with zero attached hydrogens (tertiary/aromatic N) is 4. The molecule has 5 fully saturated rings. The zero-order valence-electron chi connectivity index (χ0n) is 75.0. The van der Waals surface area contributed by atoms with Crippen LogP contribution in [-0.4, -0.2) is 260 Å². The molecule has 5 rings (SSSR count). The Morgan fingerprint density at radius 3 is 1.36 bits per heavy atom. The standard InChI is InChI=1S/C84H146N18O16/c1-23-82(20,73(114)88-56(46-51(4)5)50-99-42-33-41-98-40-32-37-64(98)99)94-67(108)58(48-53(8)9)89-65(106)54(10)87-71(112)78(12,13)92-69(110)60-35-27-30-44-101(60)77(118)81(18,19)96-72(113)79(14,15)91-63(105)49-86-62(104)38-39-85-66(107)57(47-52(6)7)90-74(115)83(21,24-2)97-75(116)84(22,25-3)95-70(111)61-36-28-31-45-102(61)76(117)80(16,17)93-68(109)59-34-26-29-43-100(59)55(11)103/h51-54,56-61,64H,23-50H2,1-22H3,(H,85,107)(H,86,104)(H,87,112)(H,88,114)(H,89,106)(H,90,115)(H,91,105)(H,92,110)(H,93,109)(H,94,108)(H,95,111)(H,96,113)(H,97,116)/p+1. The fourth-order valence-corrected chi connectivity index (χ4v) is 16.1. The highest BCUT2D eigenvalue weighted by Crippen LogP contribution is 2.28. The Balaban J connectivity index is 1.09. The first kappa shape index (κ1) is 100. The van der Waals surface area contributed by atoms with E-state index in [-0.39, 0.29) is 101 Å². The lowest BCUT2D eigenvalue weighted by Crippen LogP contribution is -3.16. The molecule has 5 saturated heterocycles. The third-order valence-corrected chi connectivity index (χ3v) is 24.0. The fraction of sp³-hybridized carbons (Fsp3) is 0.810. The molecule has 118 heavy (non-hydrogen) atoms. The minimum atomic E-state index is -1.67. The molecule has 34 heteroatoms. The van der Waals surface area contributed by atoms with Crippen molar-refractivity contribution in [3.63, 3.8) is 0 Å². The Labute approximate surface area is 700 Å². The molecule has 12 atom stereocenters. The first-order valence-corrected chi connectivity index (χ1v) is 43.3. The first-order valence-electron chi connectivity index (χ1n) is 43.3. The minimum absolute atomic E-state index is 0.0488. The van der Waals surface area contributed by atoms with Crippen molar-refractivity contribution in [2.45, 2.75) is 362 Å². The van der Waals surface area contributed by atoms with Gasteiger partial charge in [-0.05, 0) is 197 Å². The predicted molar refractivity (Wildman–Crippen MR) is 445 cm³/mol. The van der Waals surface area contributed by atoms with Crippen molar-refractivity contribution in [2.75, 3.05) is 58.9 Å². The minimum Gasteiger partial charge on any atom is -0.354 e. The van der Waals surface area contributed by atoms with Crippen LogP contribution in [0.25, 0.3) is 0 Å². The number of nitrogens with one attached hydrogen (secondary N) is 14. The first-order chi connectivity index (χ1) is 54.8. The number of fused-ring (bicyclic) bond motifs is 1. The van der Waals surface area contributed by atoms with E-state index in [1.807, 2.05) is 34.6 Å². The van der Waals surface area contributed by atoms with Crippen LogP contribution in [0.3, 0.4) is 0 Å². The summed E-state index contributed by atoms with van der Waals surface area (Å²) in [6, 6.07) is -6.38. The lowest BCUT2D eigenvalue weighted by molar-refractivity contribution is -0.930. The van der Waals surface area contributed by atoms with Crippen LogP contribution in [0.2, 0.25) is 0 Å². The molecule has 34 nitrogen and oxygen atoms in total. The normalized spacial score (nSPS) is 21.4. The number of rotatable bonds is 40. The van der Waals surface area contributed by atoms with Gasteiger partial charge in [-0.2, -0.15) is 0 Å². The maximum absolute atomic E-state index is 14.5. The monoisotopic (exact) mass is 1660 g/mol. The molecule has 0 spiro atoms. The van der Waals surface area contributed by atoms with Crippen molar-refractivity contribution in [3.8, 4) is 0 Å². The molecule has 0 aromatic heterocycles. The van der Waals surface area contributed by atoms with Crippen LogP contribution < -0.4 is 74.0 Å². The van der Waals surface area contributed by atoms with E-state index in [0.29, 0.717) is 57.3 Å². The zero-order chi connectivity index (χ0) is 89.0. The van der Waals surface area contributed by atoms with Gasteiger partial charge in [0.25, 0.3) is 0 Å². The summed E-state index contributed by atoms with van der Waals surface area (Å²) in [5.41, 5.74) is -11.0. The summed E-state index contributed by atoms with van der Waals surface area (Å²) < 4.78 is 0. The molecule has 0 saturated carbocycles. The van der Waals surface area contributed by atoms with Gasteiger partial charge in [-0.25, -0.2) is 0 Å². The molecular weight excluding hydrogens is 1520 g/mol. The summed E-state index contributed by atoms with van der Waals surface area (Å²) in [6.45, 7) is 40.0. The smallest absolute Gasteiger partial charge is 0.248 e. The molecule has 16 amide bonds. The van der Waals surface area contributed by atoms with Gasteiger partial charge in [-0.3, -0.25) is 81.6 Å². The van der Waals surface area contributed by atoms with Crippen LogP contribution in [0.4, 0.5) is 0 Å². The highest BCUT2D eigenvalue weighted by Gasteiger charge is 2.49. The highest BCUT2D eigenvalue weighted by atomic mass is 16.2. The van der Waals surface area contributed by atoms with Gasteiger partial charge >= 0.3 is 0 Å². The number of hydrogen-bond acceptors (Lipinski definition) is 17. The molecule has 12 unspecified atom stereocenters. The molecule has 0 aromatic rings. The summed E-state index contributed by atoms with van der Waals surface area (Å²) in [4.78, 5) is 231. The molecule has 14 N–H and O–H groups in total. The van der Waals surface area contributed by atoms with Gasteiger partial charge < -0.3 is 88.7 Å². The maximum Gasteiger partial charge on any atom is 0.248 e. The quantitative estimate of drug-likeness (QED) is 0.0407. The number of likely N-dealkylation sites (tertiary alicyclic amines) is 3. The Morgan fingerprint density at radius 2 is 0.839 bits per heavy atom. The Morgan fingerprint density at radius 1 is 0.390 bits per heavy atom. The lowest BCUT2D eigenvalue weighted by Gasteiger charge is -2.42. The van der Waals surface area contributed by atoms with Gasteiger partial charge in [0.1, 0.15) is 81.2 Å². The van der Waals surface area contributed by atoms with E-state index in [4.69, 9.17) is 0 Å². The summed E-state index contributed by atoms with van der Waals surface area (Å²) >= 11 is 0. The van der Waals surface area contributed by atoms with Crippen LogP contribution in [-0.2, 0) is 76.7 Å². The molecule has 5 aliphatic rings. The van der Waals surface area contributed by atoms with Crippen LogP contribution in [0.15, 0.2) is 0 Å². The summed E-state index contributed by atoms with van der Waals surface area (Å²) in [5.74, 6) is -9.56. The van der Waals surface area contributed by atoms with Gasteiger partial charge in [-0.1, -0.05) is 62.3 Å². The Hall–Kier alpha value is -8.56. The van der Waals surface area contributed by atoms with E-state index < -0.39 is 164 Å². The molecule has 0 radical (unpaired) electrons. The number of amides is 16. The Bertz CT molecular complexity index is 3600. The molecule has 0 bridgehead atoms. The van der Waals surface area contributed by atoms with Gasteiger partial charge in [0.2, 0.25) is 94.5 Å². The van der Waals surface area contributed by atoms with Crippen LogP contribution in [0, 0.1) is 17.8 Å². The van der Waals surface area contributed by atoms with Crippen molar-refractivity contribution in [1.29, 1.82) is 0 Å². The molecular formula is C84H147N18O16+. The molecule has 668 valence electrons. The second kappa shape index (κ2) is 43.1. The Kier molecular flexibility index (Phi) is 36.5. The van der Waals surface area contributed by atoms with E-state index in [2.05, 4.69) is 87.9 Å². The van der Waals surface area contributed by atoms with Crippen molar-refractivity contribution < 1.29 is 81.6 Å². The number of hydrogen-bond donors (Lipinski definition) is 14. The number of carbonyl (C=O) groups excluding carboxylic acids is 16. The van der Waals surface area contributed by atoms with Gasteiger partial charge in [0.05, 0.1) is 19.6 Å². The third-order valence-electron chi connectivity index (χ3n) is 24.0. The predicted octanol–water partition coefficient (Wildman–Crippen LogP) is 1.01. The lowest BCUT2D eigenvalue weighted by atomic mass is 9.90. The number of piperidine rings is 3. The third kappa shape index (κ3) is 27.7. The summed E-state index contributed by atoms with van der Waals surface area (Å²) in [5, 5.41) is 36.2. The fourth-order valence-electron chi connectivity index (χ4n) is 16.1. The molecule has 0 aromatic carbocycles. The zero-order valence-corrected chi connectivity index (χ0v) is 75.0. The summed E-state index contributed by atoms with van der Waals surface area (Å²) in [6.07, 6.45) is 9.77. The molecule has 5 heterocycles. The number of quaternary nitrogens is 1. The average Bonchev–Trinajstić information content (AvgIpc) is 0.983. The number of carbonyl (C=O) groups is 16. The SMILES string of the molecule is CCC(C)(NC(=O)C(CC(C)C)NC(=O)C(C)NC(=O)C(C)(C)NC(=O)C1CCCCN1C(=O)C(C)(C)NC(=O)C(C)(C)NC(=O)CNC(=O)CCNC(=O)C(CC(C)C)NC(=O)C(C)(CC)NC(=O)C(C)(CC)NC(=O)C1CCCCN1C(=O)C(C)(C)NC(=O)C1CCCCN1C(C)=O)C(=O)NC(CC(C)C)CN1CCC[NH+]2CCCC12. The maximum atomic E-state index is 14.5. The van der Waals surface area contributed by atoms with Crippen molar-refractivity contribution in [3.05, 3.63) is 0 Å². The molecule has 5 aliphatic heterocycles. The van der Waals surface area contributed by atoms with Gasteiger partial charge in [0.15, 0.2) is 0 Å².